The molecule has 0 radical (unpaired) electrons. The van der Waals surface area contributed by atoms with Gasteiger partial charge in [-0.15, -0.1) is 0 Å². The highest BCUT2D eigenvalue weighted by atomic mass is 79.9. The Morgan fingerprint density at radius 3 is 2.43 bits per heavy atom. The average molecular weight is 467 g/mol. The predicted molar refractivity (Wildman–Crippen MR) is 125 cm³/mol. The van der Waals surface area contributed by atoms with Gasteiger partial charge in [-0.2, -0.15) is 0 Å². The number of halogens is 1. The Balaban J connectivity index is 1.78. The molecule has 3 rings (SSSR count). The molecule has 0 aliphatic rings. The number of hydrogen-bond donors (Lipinski definition) is 1. The van der Waals surface area contributed by atoms with Gasteiger partial charge in [-0.3, -0.25) is 9.59 Å². The Morgan fingerprint density at radius 1 is 1.00 bits per heavy atom. The van der Waals surface area contributed by atoms with Crippen LogP contribution in [-0.2, 0) is 22.6 Å². The number of benzene rings is 3. The molecule has 1 unspecified atom stereocenters. The fraction of sp³-hybridized carbons (Fsp3) is 0.280. The highest BCUT2D eigenvalue weighted by molar-refractivity contribution is 9.10. The smallest absolute Gasteiger partial charge is 0.242 e. The summed E-state index contributed by atoms with van der Waals surface area (Å²) in [5.41, 5.74) is 2.14. The molecule has 30 heavy (non-hydrogen) atoms. The third-order valence-electron chi connectivity index (χ3n) is 5.27. The molecule has 0 spiro atoms. The number of nitrogens with one attached hydrogen (secondary N) is 1. The van der Waals surface area contributed by atoms with Gasteiger partial charge in [0.05, 0.1) is 0 Å². The average Bonchev–Trinajstić information content (AvgIpc) is 2.76. The maximum Gasteiger partial charge on any atom is 0.242 e. The van der Waals surface area contributed by atoms with E-state index in [1.54, 1.807) is 11.8 Å². The van der Waals surface area contributed by atoms with Crippen molar-refractivity contribution >= 4 is 38.5 Å². The molecule has 0 saturated heterocycles. The van der Waals surface area contributed by atoms with E-state index < -0.39 is 6.04 Å². The lowest BCUT2D eigenvalue weighted by molar-refractivity contribution is -0.140. The van der Waals surface area contributed by atoms with Crippen LogP contribution in [0, 0.1) is 0 Å². The Bertz CT molecular complexity index is 1010. The van der Waals surface area contributed by atoms with Gasteiger partial charge in [0.15, 0.2) is 0 Å². The van der Waals surface area contributed by atoms with Gasteiger partial charge < -0.3 is 10.2 Å². The minimum Gasteiger partial charge on any atom is -0.355 e. The second-order valence-corrected chi connectivity index (χ2v) is 8.27. The lowest BCUT2D eigenvalue weighted by Gasteiger charge is -2.29. The van der Waals surface area contributed by atoms with Crippen molar-refractivity contribution in [3.63, 3.8) is 0 Å². The largest absolute Gasteiger partial charge is 0.355 e. The van der Waals surface area contributed by atoms with Crippen molar-refractivity contribution in [2.75, 3.05) is 6.54 Å². The van der Waals surface area contributed by atoms with Crippen LogP contribution in [0.3, 0.4) is 0 Å². The van der Waals surface area contributed by atoms with Gasteiger partial charge in [-0.25, -0.2) is 0 Å². The first-order valence-electron chi connectivity index (χ1n) is 10.3. The fourth-order valence-corrected chi connectivity index (χ4v) is 3.85. The quantitative estimate of drug-likeness (QED) is 0.502. The Hall–Kier alpha value is -2.66. The van der Waals surface area contributed by atoms with Crippen molar-refractivity contribution in [1.29, 1.82) is 0 Å². The summed E-state index contributed by atoms with van der Waals surface area (Å²) in [6.07, 6.45) is 0.993. The van der Waals surface area contributed by atoms with Crippen LogP contribution in [0.2, 0.25) is 0 Å². The molecule has 1 atom stereocenters. The summed E-state index contributed by atoms with van der Waals surface area (Å²) in [6, 6.07) is 21.7. The molecule has 0 aliphatic carbocycles. The zero-order chi connectivity index (χ0) is 21.5. The van der Waals surface area contributed by atoms with Crippen LogP contribution in [-0.4, -0.2) is 29.3 Å². The molecule has 2 amide bonds. The molecule has 1 N–H and O–H groups in total. The highest BCUT2D eigenvalue weighted by Gasteiger charge is 2.25. The SMILES string of the molecule is CCNC(=O)C(C)N(Cc1ccc(Br)cc1)C(=O)CCc1cccc2ccccc12. The van der Waals surface area contributed by atoms with Crippen LogP contribution in [0.4, 0.5) is 0 Å². The number of aryl methyl sites for hydroxylation is 1. The molecule has 5 heteroatoms. The predicted octanol–water partition coefficient (Wildman–Crippen LogP) is 5.09. The van der Waals surface area contributed by atoms with Gasteiger partial charge in [0.25, 0.3) is 0 Å². The van der Waals surface area contributed by atoms with Crippen LogP contribution in [0.1, 0.15) is 31.4 Å². The summed E-state index contributed by atoms with van der Waals surface area (Å²) in [7, 11) is 0. The first-order chi connectivity index (χ1) is 14.5. The van der Waals surface area contributed by atoms with E-state index in [1.165, 1.54) is 10.8 Å². The van der Waals surface area contributed by atoms with E-state index in [4.69, 9.17) is 0 Å². The first-order valence-corrected chi connectivity index (χ1v) is 11.1. The third-order valence-corrected chi connectivity index (χ3v) is 5.80. The van der Waals surface area contributed by atoms with E-state index in [-0.39, 0.29) is 11.8 Å². The number of hydrogen-bond acceptors (Lipinski definition) is 2. The lowest BCUT2D eigenvalue weighted by Crippen LogP contribution is -2.47. The van der Waals surface area contributed by atoms with Crippen LogP contribution in [0.5, 0.6) is 0 Å². The lowest BCUT2D eigenvalue weighted by atomic mass is 10.0. The molecule has 156 valence electrons. The minimum absolute atomic E-state index is 0.0235. The number of amides is 2. The standard InChI is InChI=1S/C25H27BrN2O2/c1-3-27-25(30)18(2)28(17-19-11-14-22(26)15-12-19)24(29)16-13-21-9-6-8-20-7-4-5-10-23(20)21/h4-12,14-15,18H,3,13,16-17H2,1-2H3,(H,27,30). The van der Waals surface area contributed by atoms with E-state index in [0.717, 1.165) is 15.6 Å². The van der Waals surface area contributed by atoms with E-state index >= 15 is 0 Å². The minimum atomic E-state index is -0.534. The van der Waals surface area contributed by atoms with Gasteiger partial charge in [0.1, 0.15) is 6.04 Å². The Morgan fingerprint density at radius 2 is 1.70 bits per heavy atom. The molecule has 4 nitrogen and oxygen atoms in total. The van der Waals surface area contributed by atoms with E-state index in [2.05, 4.69) is 45.5 Å². The van der Waals surface area contributed by atoms with E-state index in [1.807, 2.05) is 49.4 Å². The highest BCUT2D eigenvalue weighted by Crippen LogP contribution is 2.21. The summed E-state index contributed by atoms with van der Waals surface area (Å²) in [4.78, 5) is 27.4. The van der Waals surface area contributed by atoms with Crippen molar-refractivity contribution in [3.05, 3.63) is 82.3 Å². The number of likely N-dealkylation sites (N-methyl/N-ethyl adjacent to an activating group) is 1. The van der Waals surface area contributed by atoms with Crippen LogP contribution < -0.4 is 5.32 Å². The van der Waals surface area contributed by atoms with Crippen LogP contribution >= 0.6 is 15.9 Å². The zero-order valence-electron chi connectivity index (χ0n) is 17.4. The van der Waals surface area contributed by atoms with Crippen molar-refractivity contribution < 1.29 is 9.59 Å². The number of carbonyl (C=O) groups is 2. The Kier molecular flexibility index (Phi) is 7.63. The number of carbonyl (C=O) groups excluding carboxylic acids is 2. The van der Waals surface area contributed by atoms with Gasteiger partial charge in [-0.05, 0) is 54.3 Å². The first kappa shape index (κ1) is 22.0. The molecule has 3 aromatic rings. The van der Waals surface area contributed by atoms with Crippen LogP contribution in [0.15, 0.2) is 71.2 Å². The molecule has 0 heterocycles. The second kappa shape index (κ2) is 10.4. The van der Waals surface area contributed by atoms with Gasteiger partial charge >= 0.3 is 0 Å². The number of nitrogens with zero attached hydrogens (tertiary/aromatic N) is 1. The monoisotopic (exact) mass is 466 g/mol. The van der Waals surface area contributed by atoms with E-state index in [9.17, 15) is 9.59 Å². The maximum absolute atomic E-state index is 13.2. The summed E-state index contributed by atoms with van der Waals surface area (Å²) in [5, 5.41) is 5.17. The van der Waals surface area contributed by atoms with Crippen molar-refractivity contribution in [2.45, 2.75) is 39.3 Å². The van der Waals surface area contributed by atoms with Crippen molar-refractivity contribution in [3.8, 4) is 0 Å². The van der Waals surface area contributed by atoms with Gasteiger partial charge in [-0.1, -0.05) is 70.5 Å². The molecule has 3 aromatic carbocycles. The molecule has 0 bridgehead atoms. The molecular formula is C25H27BrN2O2. The third kappa shape index (κ3) is 5.48. The zero-order valence-corrected chi connectivity index (χ0v) is 19.0. The molecule has 0 aliphatic heterocycles. The van der Waals surface area contributed by atoms with E-state index in [0.29, 0.717) is 25.9 Å². The summed E-state index contributed by atoms with van der Waals surface area (Å²) in [5.74, 6) is -0.155. The summed E-state index contributed by atoms with van der Waals surface area (Å²) >= 11 is 3.44. The van der Waals surface area contributed by atoms with Crippen molar-refractivity contribution in [1.82, 2.24) is 10.2 Å². The molecule has 0 saturated carbocycles. The summed E-state index contributed by atoms with van der Waals surface area (Å²) in [6.45, 7) is 4.62. The van der Waals surface area contributed by atoms with Crippen molar-refractivity contribution in [2.24, 2.45) is 0 Å². The van der Waals surface area contributed by atoms with Gasteiger partial charge in [0, 0.05) is 24.0 Å². The normalized spacial score (nSPS) is 11.8. The second-order valence-electron chi connectivity index (χ2n) is 7.36. The molecule has 0 aromatic heterocycles. The maximum atomic E-state index is 13.2. The van der Waals surface area contributed by atoms with Crippen LogP contribution in [0.25, 0.3) is 10.8 Å². The van der Waals surface area contributed by atoms with Gasteiger partial charge in [0.2, 0.25) is 11.8 Å². The molecule has 0 fully saturated rings. The number of rotatable bonds is 8. The number of fused-ring (bicyclic) bond motifs is 1. The fourth-order valence-electron chi connectivity index (χ4n) is 3.59. The topological polar surface area (TPSA) is 49.4 Å². The Labute approximate surface area is 186 Å². The summed E-state index contributed by atoms with van der Waals surface area (Å²) < 4.78 is 0.983. The molecular weight excluding hydrogens is 440 g/mol.